The number of aliphatic hydroxyl groups is 1. The highest BCUT2D eigenvalue weighted by molar-refractivity contribution is 5.38. The van der Waals surface area contributed by atoms with Gasteiger partial charge < -0.3 is 9.84 Å². The summed E-state index contributed by atoms with van der Waals surface area (Å²) in [6.45, 7) is 3.34. The second kappa shape index (κ2) is 5.14. The number of aryl methyl sites for hydroxylation is 2. The summed E-state index contributed by atoms with van der Waals surface area (Å²) in [4.78, 5) is 4.07. The van der Waals surface area contributed by atoms with Crippen molar-refractivity contribution in [1.29, 1.82) is 0 Å². The summed E-state index contributed by atoms with van der Waals surface area (Å²) in [7, 11) is 0. The summed E-state index contributed by atoms with van der Waals surface area (Å²) in [5.74, 6) is 0.579. The van der Waals surface area contributed by atoms with Crippen LogP contribution in [-0.2, 0) is 6.61 Å². The molecule has 0 aliphatic heterocycles. The summed E-state index contributed by atoms with van der Waals surface area (Å²) >= 11 is 0. The maximum Gasteiger partial charge on any atom is 0.136 e. The van der Waals surface area contributed by atoms with E-state index >= 15 is 0 Å². The highest BCUT2D eigenvalue weighted by Gasteiger charge is 2.07. The molecule has 0 fully saturated rings. The molecule has 0 atom stereocenters. The topological polar surface area (TPSA) is 42.4 Å². The van der Waals surface area contributed by atoms with E-state index in [-0.39, 0.29) is 12.4 Å². The molecule has 2 aromatic rings. The molecule has 0 aliphatic rings. The van der Waals surface area contributed by atoms with E-state index in [9.17, 15) is 9.50 Å². The molecule has 3 nitrogen and oxygen atoms in total. The summed E-state index contributed by atoms with van der Waals surface area (Å²) in [5.41, 5.74) is 1.91. The molecule has 0 unspecified atom stereocenters. The van der Waals surface area contributed by atoms with Gasteiger partial charge in [0.05, 0.1) is 6.61 Å². The summed E-state index contributed by atoms with van der Waals surface area (Å²) < 4.78 is 19.0. The molecule has 1 heterocycles. The zero-order valence-electron chi connectivity index (χ0n) is 10.3. The van der Waals surface area contributed by atoms with Crippen LogP contribution in [0.5, 0.6) is 11.5 Å². The standard InChI is InChI=1S/C14H14FNO2/c1-9-3-4-12(6-13(9)15)18-14-5-10(2)16-7-11(14)8-17/h3-7,17H,8H2,1-2H3. The minimum Gasteiger partial charge on any atom is -0.457 e. The van der Waals surface area contributed by atoms with Crippen molar-refractivity contribution in [3.05, 3.63) is 53.1 Å². The first-order chi connectivity index (χ1) is 8.60. The van der Waals surface area contributed by atoms with Crippen molar-refractivity contribution < 1.29 is 14.2 Å². The van der Waals surface area contributed by atoms with Crippen LogP contribution in [0.25, 0.3) is 0 Å². The van der Waals surface area contributed by atoms with Crippen molar-refractivity contribution in [3.63, 3.8) is 0 Å². The van der Waals surface area contributed by atoms with Crippen LogP contribution in [0, 0.1) is 19.7 Å². The lowest BCUT2D eigenvalue weighted by Gasteiger charge is -2.10. The molecule has 1 aromatic carbocycles. The van der Waals surface area contributed by atoms with Crippen LogP contribution in [0.4, 0.5) is 4.39 Å². The van der Waals surface area contributed by atoms with Crippen molar-refractivity contribution in [2.75, 3.05) is 0 Å². The van der Waals surface area contributed by atoms with Gasteiger partial charge in [0, 0.05) is 29.6 Å². The van der Waals surface area contributed by atoms with Crippen molar-refractivity contribution in [2.45, 2.75) is 20.5 Å². The van der Waals surface area contributed by atoms with Gasteiger partial charge in [-0.25, -0.2) is 4.39 Å². The quantitative estimate of drug-likeness (QED) is 0.906. The smallest absolute Gasteiger partial charge is 0.136 e. The van der Waals surface area contributed by atoms with Gasteiger partial charge >= 0.3 is 0 Å². The zero-order chi connectivity index (χ0) is 13.1. The lowest BCUT2D eigenvalue weighted by atomic mass is 10.2. The van der Waals surface area contributed by atoms with E-state index in [1.165, 1.54) is 6.07 Å². The molecule has 0 radical (unpaired) electrons. The van der Waals surface area contributed by atoms with E-state index in [1.54, 1.807) is 31.3 Å². The summed E-state index contributed by atoms with van der Waals surface area (Å²) in [5, 5.41) is 9.19. The SMILES string of the molecule is Cc1cc(Oc2ccc(C)c(F)c2)c(CO)cn1. The fraction of sp³-hybridized carbons (Fsp3) is 0.214. The van der Waals surface area contributed by atoms with Gasteiger partial charge in [-0.15, -0.1) is 0 Å². The Bertz CT molecular complexity index is 570. The molecule has 1 N–H and O–H groups in total. The van der Waals surface area contributed by atoms with Crippen LogP contribution in [-0.4, -0.2) is 10.1 Å². The van der Waals surface area contributed by atoms with E-state index in [4.69, 9.17) is 4.74 Å². The molecule has 0 saturated carbocycles. The number of hydrogen-bond donors (Lipinski definition) is 1. The monoisotopic (exact) mass is 247 g/mol. The van der Waals surface area contributed by atoms with Crippen LogP contribution >= 0.6 is 0 Å². The molecule has 2 rings (SSSR count). The fourth-order valence-electron chi connectivity index (χ4n) is 1.54. The van der Waals surface area contributed by atoms with Gasteiger partial charge in [0.15, 0.2) is 0 Å². The molecular formula is C14H14FNO2. The van der Waals surface area contributed by atoms with Gasteiger partial charge in [0.2, 0.25) is 0 Å². The number of pyridine rings is 1. The van der Waals surface area contributed by atoms with E-state index in [2.05, 4.69) is 4.98 Å². The number of rotatable bonds is 3. The fourth-order valence-corrected chi connectivity index (χ4v) is 1.54. The Balaban J connectivity index is 2.33. The highest BCUT2D eigenvalue weighted by Crippen LogP contribution is 2.26. The third-order valence-corrected chi connectivity index (χ3v) is 2.62. The molecule has 0 amide bonds. The summed E-state index contributed by atoms with van der Waals surface area (Å²) in [6.07, 6.45) is 1.55. The molecule has 0 aliphatic carbocycles. The normalized spacial score (nSPS) is 10.4. The first kappa shape index (κ1) is 12.5. The van der Waals surface area contributed by atoms with Crippen LogP contribution < -0.4 is 4.74 Å². The first-order valence-corrected chi connectivity index (χ1v) is 5.60. The van der Waals surface area contributed by atoms with Crippen molar-refractivity contribution in [1.82, 2.24) is 4.98 Å². The molecule has 1 aromatic heterocycles. The van der Waals surface area contributed by atoms with Crippen molar-refractivity contribution in [3.8, 4) is 11.5 Å². The third-order valence-electron chi connectivity index (χ3n) is 2.62. The van der Waals surface area contributed by atoms with Gasteiger partial charge in [-0.3, -0.25) is 4.98 Å². The lowest BCUT2D eigenvalue weighted by Crippen LogP contribution is -1.95. The number of aromatic nitrogens is 1. The molecule has 94 valence electrons. The van der Waals surface area contributed by atoms with E-state index in [1.807, 2.05) is 6.92 Å². The third kappa shape index (κ3) is 2.65. The molecule has 18 heavy (non-hydrogen) atoms. The Morgan fingerprint density at radius 3 is 2.72 bits per heavy atom. The second-order valence-electron chi connectivity index (χ2n) is 4.10. The molecule has 0 saturated heterocycles. The number of benzene rings is 1. The number of hydrogen-bond acceptors (Lipinski definition) is 3. The Labute approximate surface area is 105 Å². The number of aliphatic hydroxyl groups excluding tert-OH is 1. The van der Waals surface area contributed by atoms with Gasteiger partial charge in [-0.1, -0.05) is 6.07 Å². The highest BCUT2D eigenvalue weighted by atomic mass is 19.1. The predicted molar refractivity (Wildman–Crippen MR) is 66.1 cm³/mol. The maximum absolute atomic E-state index is 13.4. The van der Waals surface area contributed by atoms with E-state index in [0.29, 0.717) is 22.6 Å². The second-order valence-corrected chi connectivity index (χ2v) is 4.10. The molecule has 0 bridgehead atoms. The van der Waals surface area contributed by atoms with Crippen LogP contribution in [0.2, 0.25) is 0 Å². The van der Waals surface area contributed by atoms with Crippen LogP contribution in [0.3, 0.4) is 0 Å². The number of nitrogens with zero attached hydrogens (tertiary/aromatic N) is 1. The van der Waals surface area contributed by atoms with E-state index in [0.717, 1.165) is 5.69 Å². The maximum atomic E-state index is 13.4. The Morgan fingerprint density at radius 1 is 1.28 bits per heavy atom. The molecule has 0 spiro atoms. The minimum absolute atomic E-state index is 0.170. The number of ether oxygens (including phenoxy) is 1. The predicted octanol–water partition coefficient (Wildman–Crippen LogP) is 3.12. The van der Waals surface area contributed by atoms with Crippen LogP contribution in [0.15, 0.2) is 30.5 Å². The van der Waals surface area contributed by atoms with Gasteiger partial charge in [0.1, 0.15) is 17.3 Å². The van der Waals surface area contributed by atoms with Gasteiger partial charge in [0.25, 0.3) is 0 Å². The minimum atomic E-state index is -0.316. The zero-order valence-corrected chi connectivity index (χ0v) is 10.3. The average Bonchev–Trinajstić information content (AvgIpc) is 2.34. The largest absolute Gasteiger partial charge is 0.457 e. The molecule has 4 heteroatoms. The van der Waals surface area contributed by atoms with Crippen LogP contribution in [0.1, 0.15) is 16.8 Å². The summed E-state index contributed by atoms with van der Waals surface area (Å²) in [6, 6.07) is 6.38. The Hall–Kier alpha value is -1.94. The van der Waals surface area contributed by atoms with Crippen molar-refractivity contribution in [2.24, 2.45) is 0 Å². The van der Waals surface area contributed by atoms with Gasteiger partial charge in [-0.2, -0.15) is 0 Å². The van der Waals surface area contributed by atoms with E-state index < -0.39 is 0 Å². The average molecular weight is 247 g/mol. The van der Waals surface area contributed by atoms with Crippen molar-refractivity contribution >= 4 is 0 Å². The Morgan fingerprint density at radius 2 is 2.06 bits per heavy atom. The first-order valence-electron chi connectivity index (χ1n) is 5.60. The lowest BCUT2D eigenvalue weighted by molar-refractivity contribution is 0.276. The Kier molecular flexibility index (Phi) is 3.58. The van der Waals surface area contributed by atoms with Gasteiger partial charge in [-0.05, 0) is 25.5 Å². The number of halogens is 1. The molecular weight excluding hydrogens is 233 g/mol.